The summed E-state index contributed by atoms with van der Waals surface area (Å²) in [7, 11) is 0. The largest absolute Gasteiger partial charge is 0.379 e. The van der Waals surface area contributed by atoms with Crippen molar-refractivity contribution in [3.63, 3.8) is 0 Å². The van der Waals surface area contributed by atoms with E-state index < -0.39 is 0 Å². The van der Waals surface area contributed by atoms with Gasteiger partial charge >= 0.3 is 0 Å². The first-order valence-electron chi connectivity index (χ1n) is 5.63. The van der Waals surface area contributed by atoms with Gasteiger partial charge in [0.2, 0.25) is 0 Å². The van der Waals surface area contributed by atoms with E-state index in [0.717, 1.165) is 5.82 Å². The number of nitrogens with one attached hydrogen (secondary N) is 1. The molecule has 1 fully saturated rings. The summed E-state index contributed by atoms with van der Waals surface area (Å²) >= 11 is 19.0. The van der Waals surface area contributed by atoms with Crippen molar-refractivity contribution in [1.82, 2.24) is 15.1 Å². The lowest BCUT2D eigenvalue weighted by molar-refractivity contribution is -0.0457. The molecule has 5 nitrogen and oxygen atoms in total. The van der Waals surface area contributed by atoms with Crippen LogP contribution in [0.5, 0.6) is 0 Å². The summed E-state index contributed by atoms with van der Waals surface area (Å²) in [5.74, 6) is 0.780. The molecular weight excluding hydrogens is 320 g/mol. The number of hydrazine groups is 2. The minimum Gasteiger partial charge on any atom is -0.379 e. The number of hydrogen-bond donors (Lipinski definition) is 3. The van der Waals surface area contributed by atoms with E-state index in [1.807, 2.05) is 23.3 Å². The molecule has 104 valence electrons. The molecule has 1 aromatic rings. The third-order valence-electron chi connectivity index (χ3n) is 2.61. The van der Waals surface area contributed by atoms with E-state index in [0.29, 0.717) is 34.9 Å². The lowest BCUT2D eigenvalue weighted by atomic mass is 10.5. The number of thiol groups is 2. The van der Waals surface area contributed by atoms with Gasteiger partial charge in [0.15, 0.2) is 8.64 Å². The van der Waals surface area contributed by atoms with Gasteiger partial charge in [-0.15, -0.1) is 25.3 Å². The Bertz CT molecular complexity index is 446. The molecule has 0 unspecified atom stereocenters. The summed E-state index contributed by atoms with van der Waals surface area (Å²) in [6.45, 7) is 2.72. The van der Waals surface area contributed by atoms with Crippen LogP contribution in [0, 0.1) is 0 Å². The zero-order valence-electron chi connectivity index (χ0n) is 10.0. The topological polar surface area (TPSA) is 34.7 Å². The van der Waals surface area contributed by atoms with Gasteiger partial charge < -0.3 is 9.72 Å². The van der Waals surface area contributed by atoms with E-state index in [1.165, 1.54) is 0 Å². The van der Waals surface area contributed by atoms with Crippen LogP contribution in [0.25, 0.3) is 0 Å². The van der Waals surface area contributed by atoms with E-state index in [1.54, 1.807) is 10.1 Å². The maximum Gasteiger partial charge on any atom is 0.170 e. The number of morpholine rings is 1. The smallest absolute Gasteiger partial charge is 0.170 e. The molecule has 0 radical (unpaired) electrons. The van der Waals surface area contributed by atoms with Crippen LogP contribution in [0.1, 0.15) is 0 Å². The molecule has 19 heavy (non-hydrogen) atoms. The molecular formula is C10H14N4OS4. The van der Waals surface area contributed by atoms with Crippen molar-refractivity contribution >= 4 is 64.2 Å². The molecule has 1 aromatic heterocycles. The van der Waals surface area contributed by atoms with Crippen molar-refractivity contribution in [3.05, 3.63) is 18.3 Å². The van der Waals surface area contributed by atoms with Crippen LogP contribution in [0.3, 0.4) is 0 Å². The second-order valence-electron chi connectivity index (χ2n) is 3.79. The number of aromatic amines is 1. The lowest BCUT2D eigenvalue weighted by Gasteiger charge is -2.43. The van der Waals surface area contributed by atoms with Gasteiger partial charge in [-0.1, -0.05) is 12.2 Å². The molecule has 1 aliphatic heterocycles. The fourth-order valence-corrected chi connectivity index (χ4v) is 2.60. The van der Waals surface area contributed by atoms with Crippen LogP contribution < -0.4 is 5.01 Å². The Kier molecular flexibility index (Phi) is 5.48. The van der Waals surface area contributed by atoms with Gasteiger partial charge in [0, 0.05) is 19.3 Å². The third kappa shape index (κ3) is 3.61. The number of thiocarbonyl (C=S) groups is 2. The Morgan fingerprint density at radius 2 is 1.95 bits per heavy atom. The predicted molar refractivity (Wildman–Crippen MR) is 90.7 cm³/mol. The first-order valence-corrected chi connectivity index (χ1v) is 7.34. The third-order valence-corrected chi connectivity index (χ3v) is 3.31. The van der Waals surface area contributed by atoms with Gasteiger partial charge in [0.1, 0.15) is 5.82 Å². The molecule has 0 aliphatic carbocycles. The quantitative estimate of drug-likeness (QED) is 0.434. The molecule has 1 aliphatic rings. The Labute approximate surface area is 133 Å². The predicted octanol–water partition coefficient (Wildman–Crippen LogP) is 1.71. The molecule has 0 aromatic carbocycles. The van der Waals surface area contributed by atoms with Crippen LogP contribution in [-0.4, -0.2) is 50.1 Å². The first kappa shape index (κ1) is 15.1. The van der Waals surface area contributed by atoms with E-state index in [2.05, 4.69) is 30.2 Å². The van der Waals surface area contributed by atoms with Gasteiger partial charge in [0.25, 0.3) is 0 Å². The van der Waals surface area contributed by atoms with Crippen molar-refractivity contribution in [2.24, 2.45) is 0 Å². The molecule has 0 amide bonds. The number of aromatic nitrogens is 1. The van der Waals surface area contributed by atoms with Gasteiger partial charge in [-0.3, -0.25) is 0 Å². The van der Waals surface area contributed by atoms with Crippen LogP contribution in [0.2, 0.25) is 0 Å². The Balaban J connectivity index is 2.29. The molecule has 9 heteroatoms. The number of hydrogen-bond acceptors (Lipinski definition) is 4. The highest BCUT2D eigenvalue weighted by Crippen LogP contribution is 2.20. The van der Waals surface area contributed by atoms with Crippen molar-refractivity contribution in [2.75, 3.05) is 31.3 Å². The maximum absolute atomic E-state index is 5.35. The fourth-order valence-electron chi connectivity index (χ4n) is 1.81. The van der Waals surface area contributed by atoms with Crippen LogP contribution in [0.15, 0.2) is 18.3 Å². The summed E-state index contributed by atoms with van der Waals surface area (Å²) < 4.78 is 6.12. The summed E-state index contributed by atoms with van der Waals surface area (Å²) in [5, 5.41) is 5.48. The highest BCUT2D eigenvalue weighted by Gasteiger charge is 2.28. The van der Waals surface area contributed by atoms with Crippen LogP contribution in [0.4, 0.5) is 5.82 Å². The average Bonchev–Trinajstić information content (AvgIpc) is 2.89. The van der Waals surface area contributed by atoms with Gasteiger partial charge in [-0.25, -0.2) is 5.01 Å². The molecule has 2 rings (SSSR count). The van der Waals surface area contributed by atoms with Crippen LogP contribution in [-0.2, 0) is 4.74 Å². The van der Waals surface area contributed by atoms with E-state index in [4.69, 9.17) is 29.2 Å². The minimum atomic E-state index is 0.380. The van der Waals surface area contributed by atoms with Gasteiger partial charge in [-0.05, 0) is 24.4 Å². The monoisotopic (exact) mass is 334 g/mol. The number of ether oxygens (including phenoxy) is 1. The molecule has 0 bridgehead atoms. The van der Waals surface area contributed by atoms with Gasteiger partial charge in [0.05, 0.1) is 13.2 Å². The summed E-state index contributed by atoms with van der Waals surface area (Å²) in [5.41, 5.74) is 0. The SMILES string of the molecule is S=C(S)N(c1ccc[nH]1)N(C(=S)S)N1CCOCC1. The maximum atomic E-state index is 5.35. The van der Waals surface area contributed by atoms with E-state index >= 15 is 0 Å². The van der Waals surface area contributed by atoms with E-state index in [-0.39, 0.29) is 0 Å². The Hall–Kier alpha value is -0.320. The number of nitrogens with zero attached hydrogens (tertiary/aromatic N) is 3. The second kappa shape index (κ2) is 6.91. The molecule has 0 spiro atoms. The van der Waals surface area contributed by atoms with Crippen molar-refractivity contribution < 1.29 is 4.74 Å². The van der Waals surface area contributed by atoms with Crippen LogP contribution >= 0.6 is 49.7 Å². The molecule has 2 heterocycles. The van der Waals surface area contributed by atoms with Crippen molar-refractivity contribution in [3.8, 4) is 0 Å². The highest BCUT2D eigenvalue weighted by molar-refractivity contribution is 8.12. The zero-order valence-corrected chi connectivity index (χ0v) is 13.4. The highest BCUT2D eigenvalue weighted by atomic mass is 32.1. The standard InChI is InChI=1S/C10H14N4OS4/c16-9(17)13(8-2-1-3-11-8)14(10(18)19)12-4-6-15-7-5-12/h1-3,11H,4-7H2,(H,16,17)(H,18,19). The van der Waals surface area contributed by atoms with Crippen molar-refractivity contribution in [2.45, 2.75) is 0 Å². The number of H-pyrrole nitrogens is 1. The molecule has 1 N–H and O–H groups in total. The Morgan fingerprint density at radius 1 is 1.26 bits per heavy atom. The summed E-state index contributed by atoms with van der Waals surface area (Å²) in [4.78, 5) is 3.09. The average molecular weight is 335 g/mol. The zero-order chi connectivity index (χ0) is 13.8. The molecule has 1 saturated heterocycles. The lowest BCUT2D eigenvalue weighted by Crippen LogP contribution is -2.59. The van der Waals surface area contributed by atoms with Crippen molar-refractivity contribution in [1.29, 1.82) is 0 Å². The number of anilines is 1. The molecule has 0 saturated carbocycles. The fraction of sp³-hybridized carbons (Fsp3) is 0.400. The first-order chi connectivity index (χ1) is 9.11. The summed E-state index contributed by atoms with van der Waals surface area (Å²) in [6.07, 6.45) is 1.81. The Morgan fingerprint density at radius 3 is 2.42 bits per heavy atom. The normalized spacial score (nSPS) is 16.1. The molecule has 0 atom stereocenters. The minimum absolute atomic E-state index is 0.380. The van der Waals surface area contributed by atoms with E-state index in [9.17, 15) is 0 Å². The number of rotatable bonds is 2. The van der Waals surface area contributed by atoms with Gasteiger partial charge in [-0.2, -0.15) is 10.1 Å². The second-order valence-corrected chi connectivity index (χ2v) is 6.01. The summed E-state index contributed by atoms with van der Waals surface area (Å²) in [6, 6.07) is 3.77.